The second-order valence-electron chi connectivity index (χ2n) is 8.27. The fourth-order valence-electron chi connectivity index (χ4n) is 5.28. The van der Waals surface area contributed by atoms with Crippen molar-refractivity contribution in [1.82, 2.24) is 14.8 Å². The third kappa shape index (κ3) is 3.24. The summed E-state index contributed by atoms with van der Waals surface area (Å²) in [5, 5.41) is 3.03. The molecular formula is C23H28FN3O2. The molecule has 1 aromatic carbocycles. The van der Waals surface area contributed by atoms with Crippen LogP contribution in [0.4, 0.5) is 4.39 Å². The van der Waals surface area contributed by atoms with E-state index in [9.17, 15) is 14.0 Å². The Morgan fingerprint density at radius 2 is 2.00 bits per heavy atom. The van der Waals surface area contributed by atoms with Crippen molar-refractivity contribution in [2.24, 2.45) is 12.5 Å². The minimum Gasteiger partial charge on any atom is -0.355 e. The SMILES string of the molecule is CC[C@]1(C(=O)NCCc2ccccc2F)C[C@H]2CC[C@@H]1N2C(=O)c1cccn1C. The Morgan fingerprint density at radius 1 is 1.21 bits per heavy atom. The summed E-state index contributed by atoms with van der Waals surface area (Å²) in [6.07, 6.45) is 5.53. The van der Waals surface area contributed by atoms with Crippen molar-refractivity contribution in [1.29, 1.82) is 0 Å². The van der Waals surface area contributed by atoms with Crippen LogP contribution < -0.4 is 5.32 Å². The molecule has 3 heterocycles. The quantitative estimate of drug-likeness (QED) is 0.813. The van der Waals surface area contributed by atoms with Gasteiger partial charge in [0.25, 0.3) is 5.91 Å². The number of nitrogens with one attached hydrogen (secondary N) is 1. The van der Waals surface area contributed by atoms with E-state index >= 15 is 0 Å². The van der Waals surface area contributed by atoms with Crippen molar-refractivity contribution in [3.63, 3.8) is 0 Å². The molecule has 29 heavy (non-hydrogen) atoms. The predicted octanol–water partition coefficient (Wildman–Crippen LogP) is 3.30. The zero-order valence-electron chi connectivity index (χ0n) is 17.0. The molecule has 2 fully saturated rings. The molecule has 5 nitrogen and oxygen atoms in total. The first-order valence-electron chi connectivity index (χ1n) is 10.4. The molecule has 0 aliphatic carbocycles. The summed E-state index contributed by atoms with van der Waals surface area (Å²) in [5.74, 6) is -0.237. The number of halogens is 1. The highest BCUT2D eigenvalue weighted by atomic mass is 19.1. The van der Waals surface area contributed by atoms with E-state index in [1.165, 1.54) is 6.07 Å². The van der Waals surface area contributed by atoms with E-state index in [2.05, 4.69) is 5.32 Å². The zero-order valence-corrected chi connectivity index (χ0v) is 17.0. The fraction of sp³-hybridized carbons (Fsp3) is 0.478. The molecule has 2 aromatic rings. The summed E-state index contributed by atoms with van der Waals surface area (Å²) in [6, 6.07) is 10.4. The number of hydrogen-bond donors (Lipinski definition) is 1. The highest BCUT2D eigenvalue weighted by molar-refractivity contribution is 5.95. The molecule has 2 aliphatic heterocycles. The van der Waals surface area contributed by atoms with Crippen LogP contribution in [0.5, 0.6) is 0 Å². The second kappa shape index (κ2) is 7.65. The highest BCUT2D eigenvalue weighted by Gasteiger charge is 2.60. The van der Waals surface area contributed by atoms with Crippen LogP contribution in [-0.4, -0.2) is 39.9 Å². The molecule has 6 heteroatoms. The van der Waals surface area contributed by atoms with Gasteiger partial charge in [0.05, 0.1) is 5.41 Å². The van der Waals surface area contributed by atoms with Crippen molar-refractivity contribution in [3.8, 4) is 0 Å². The summed E-state index contributed by atoms with van der Waals surface area (Å²) >= 11 is 0. The van der Waals surface area contributed by atoms with Gasteiger partial charge in [-0.1, -0.05) is 25.1 Å². The number of nitrogens with zero attached hydrogens (tertiary/aromatic N) is 2. The first-order chi connectivity index (χ1) is 14.0. The Bertz CT molecular complexity index is 924. The van der Waals surface area contributed by atoms with Gasteiger partial charge in [-0.15, -0.1) is 0 Å². The molecule has 2 amide bonds. The molecule has 0 spiro atoms. The number of carbonyl (C=O) groups excluding carboxylic acids is 2. The molecule has 1 N–H and O–H groups in total. The minimum atomic E-state index is -0.557. The van der Waals surface area contributed by atoms with Gasteiger partial charge in [-0.2, -0.15) is 0 Å². The lowest BCUT2D eigenvalue weighted by atomic mass is 9.71. The lowest BCUT2D eigenvalue weighted by Crippen LogP contribution is -2.50. The topological polar surface area (TPSA) is 54.3 Å². The van der Waals surface area contributed by atoms with Crippen LogP contribution in [-0.2, 0) is 18.3 Å². The van der Waals surface area contributed by atoms with E-state index in [-0.39, 0.29) is 29.7 Å². The van der Waals surface area contributed by atoms with Crippen LogP contribution in [0.1, 0.15) is 48.7 Å². The Morgan fingerprint density at radius 3 is 2.69 bits per heavy atom. The third-order valence-electron chi connectivity index (χ3n) is 6.86. The van der Waals surface area contributed by atoms with Crippen molar-refractivity contribution < 1.29 is 14.0 Å². The van der Waals surface area contributed by atoms with Crippen LogP contribution in [0.2, 0.25) is 0 Å². The standard InChI is InChI=1S/C23H28FN3O2/c1-3-23(22(29)25-13-12-16-7-4-5-8-18(16)24)15-17-10-11-20(23)27(17)21(28)19-9-6-14-26(19)2/h4-9,14,17,20H,3,10-13,15H2,1-2H3,(H,25,29)/t17-,20+,23+/m1/s1. The smallest absolute Gasteiger partial charge is 0.270 e. The Kier molecular flexibility index (Phi) is 5.19. The van der Waals surface area contributed by atoms with E-state index in [1.807, 2.05) is 41.8 Å². The molecule has 154 valence electrons. The van der Waals surface area contributed by atoms with E-state index < -0.39 is 5.41 Å². The second-order valence-corrected chi connectivity index (χ2v) is 8.27. The van der Waals surface area contributed by atoms with Gasteiger partial charge in [0.15, 0.2) is 0 Å². The van der Waals surface area contributed by atoms with Crippen LogP contribution >= 0.6 is 0 Å². The number of aryl methyl sites for hydroxylation is 1. The minimum absolute atomic E-state index is 0.00628. The predicted molar refractivity (Wildman–Crippen MR) is 109 cm³/mol. The van der Waals surface area contributed by atoms with Crippen molar-refractivity contribution in [2.45, 2.75) is 51.1 Å². The van der Waals surface area contributed by atoms with Crippen LogP contribution in [0.15, 0.2) is 42.6 Å². The van der Waals surface area contributed by atoms with Gasteiger partial charge >= 0.3 is 0 Å². The largest absolute Gasteiger partial charge is 0.355 e. The maximum absolute atomic E-state index is 13.8. The summed E-state index contributed by atoms with van der Waals surface area (Å²) in [7, 11) is 1.87. The van der Waals surface area contributed by atoms with Gasteiger partial charge < -0.3 is 14.8 Å². The average molecular weight is 397 g/mol. The fourth-order valence-corrected chi connectivity index (χ4v) is 5.28. The first-order valence-corrected chi connectivity index (χ1v) is 10.4. The molecule has 2 bridgehead atoms. The van der Waals surface area contributed by atoms with Crippen LogP contribution in [0.3, 0.4) is 0 Å². The van der Waals surface area contributed by atoms with Gasteiger partial charge in [-0.25, -0.2) is 4.39 Å². The van der Waals surface area contributed by atoms with Crippen molar-refractivity contribution >= 4 is 11.8 Å². The van der Waals surface area contributed by atoms with Crippen molar-refractivity contribution in [2.75, 3.05) is 6.54 Å². The monoisotopic (exact) mass is 397 g/mol. The van der Waals surface area contributed by atoms with Gasteiger partial charge in [-0.3, -0.25) is 9.59 Å². The third-order valence-corrected chi connectivity index (χ3v) is 6.86. The van der Waals surface area contributed by atoms with Crippen LogP contribution in [0, 0.1) is 11.2 Å². The molecule has 3 atom stereocenters. The number of hydrogen-bond acceptors (Lipinski definition) is 2. The van der Waals surface area contributed by atoms with Gasteiger partial charge in [-0.05, 0) is 55.9 Å². The van der Waals surface area contributed by atoms with E-state index in [0.717, 1.165) is 12.8 Å². The Balaban J connectivity index is 1.47. The van der Waals surface area contributed by atoms with Gasteiger partial charge in [0.2, 0.25) is 5.91 Å². The maximum atomic E-state index is 13.8. The number of carbonyl (C=O) groups is 2. The lowest BCUT2D eigenvalue weighted by Gasteiger charge is -2.35. The Hall–Kier alpha value is -2.63. The van der Waals surface area contributed by atoms with Crippen LogP contribution in [0.25, 0.3) is 0 Å². The van der Waals surface area contributed by atoms with E-state index in [4.69, 9.17) is 0 Å². The molecule has 0 radical (unpaired) electrons. The summed E-state index contributed by atoms with van der Waals surface area (Å²) in [6.45, 7) is 2.42. The van der Waals surface area contributed by atoms with Crippen molar-refractivity contribution in [3.05, 3.63) is 59.7 Å². The number of aromatic nitrogens is 1. The number of amides is 2. The number of fused-ring (bicyclic) bond motifs is 2. The summed E-state index contributed by atoms with van der Waals surface area (Å²) in [5.41, 5.74) is 0.708. The average Bonchev–Trinajstić information content (AvgIpc) is 3.42. The normalized spacial score (nSPS) is 25.4. The molecule has 4 rings (SSSR count). The zero-order chi connectivity index (χ0) is 20.6. The maximum Gasteiger partial charge on any atom is 0.270 e. The molecule has 0 unspecified atom stereocenters. The van der Waals surface area contributed by atoms with E-state index in [1.54, 1.807) is 18.2 Å². The summed E-state index contributed by atoms with van der Waals surface area (Å²) < 4.78 is 15.7. The van der Waals surface area contributed by atoms with E-state index in [0.29, 0.717) is 37.1 Å². The molecule has 0 saturated carbocycles. The lowest BCUT2D eigenvalue weighted by molar-refractivity contribution is -0.132. The highest BCUT2D eigenvalue weighted by Crippen LogP contribution is 2.52. The molecule has 2 aliphatic rings. The molecular weight excluding hydrogens is 369 g/mol. The molecule has 1 aromatic heterocycles. The molecule has 2 saturated heterocycles. The van der Waals surface area contributed by atoms with Gasteiger partial charge in [0, 0.05) is 31.9 Å². The first kappa shape index (κ1) is 19.7. The Labute approximate surface area is 170 Å². The number of benzene rings is 1. The van der Waals surface area contributed by atoms with Gasteiger partial charge in [0.1, 0.15) is 11.5 Å². The number of rotatable bonds is 6. The summed E-state index contributed by atoms with van der Waals surface area (Å²) in [4.78, 5) is 28.4.